The van der Waals surface area contributed by atoms with Crippen LogP contribution in [0.25, 0.3) is 34.0 Å². The fraction of sp³-hybridized carbons (Fsp3) is 0.308. The fourth-order valence-corrected chi connectivity index (χ4v) is 8.25. The molecule has 2 fully saturated rings. The van der Waals surface area contributed by atoms with E-state index in [1.165, 1.54) is 36.4 Å². The Morgan fingerprint density at radius 1 is 0.609 bits per heavy atom. The van der Waals surface area contributed by atoms with Crippen LogP contribution in [0.4, 0.5) is 40.3 Å². The molecular formula is C52H50CaF4N4O8. The number of carbonyl (C=O) groups is 2. The van der Waals surface area contributed by atoms with Crippen molar-refractivity contribution in [1.29, 1.82) is 0 Å². The van der Waals surface area contributed by atoms with Crippen LogP contribution >= 0.6 is 0 Å². The number of pyridine rings is 2. The van der Waals surface area contributed by atoms with Crippen molar-refractivity contribution >= 4 is 106 Å². The molecule has 6 aromatic rings. The number of hydrogen-bond donors (Lipinski definition) is 4. The number of para-hydroxylation sites is 2. The van der Waals surface area contributed by atoms with Crippen LogP contribution in [0.15, 0.2) is 97.1 Å². The van der Waals surface area contributed by atoms with Crippen LogP contribution in [0.1, 0.15) is 85.7 Å². The summed E-state index contributed by atoms with van der Waals surface area (Å²) in [4.78, 5) is 34.4. The van der Waals surface area contributed by atoms with Gasteiger partial charge in [-0.05, 0) is 62.1 Å². The van der Waals surface area contributed by atoms with E-state index in [1.807, 2.05) is 48.5 Å². The number of carboxylic acid groups (broad SMARTS) is 2. The average molecular weight is 975 g/mol. The van der Waals surface area contributed by atoms with E-state index in [4.69, 9.17) is 9.97 Å². The molecule has 2 aliphatic rings. The Morgan fingerprint density at radius 3 is 1.26 bits per heavy atom. The molecule has 0 bridgehead atoms. The average Bonchev–Trinajstić information content (AvgIpc) is 4.21. The van der Waals surface area contributed by atoms with Gasteiger partial charge in [0.15, 0.2) is 0 Å². The van der Waals surface area contributed by atoms with Gasteiger partial charge in [-0.3, -0.25) is 9.97 Å². The first kappa shape index (κ1) is 52.9. The van der Waals surface area contributed by atoms with Crippen molar-refractivity contribution in [3.8, 4) is 0 Å². The Balaban J connectivity index is 0.000000224. The number of carbonyl (C=O) groups excluding carboxylic acids is 2. The van der Waals surface area contributed by atoms with Gasteiger partial charge in [0.25, 0.3) is 0 Å². The van der Waals surface area contributed by atoms with Gasteiger partial charge in [-0.15, -0.1) is 0 Å². The first-order chi connectivity index (χ1) is 32.4. The third kappa shape index (κ3) is 13.9. The molecule has 0 amide bonds. The molecule has 0 radical (unpaired) electrons. The minimum Gasteiger partial charge on any atom is -0.550 e. The monoisotopic (exact) mass is 974 g/mol. The number of fused-ring (bicyclic) bond motifs is 2. The summed E-state index contributed by atoms with van der Waals surface area (Å²) >= 11 is 0. The van der Waals surface area contributed by atoms with Crippen LogP contribution in [0, 0.1) is 23.3 Å². The molecule has 2 heterocycles. The fourth-order valence-electron chi connectivity index (χ4n) is 8.25. The first-order valence-electron chi connectivity index (χ1n) is 22.2. The molecule has 0 unspecified atom stereocenters. The third-order valence-electron chi connectivity index (χ3n) is 11.7. The molecule has 4 aromatic carbocycles. The largest absolute Gasteiger partial charge is 2.00 e. The third-order valence-corrected chi connectivity index (χ3v) is 11.7. The summed E-state index contributed by atoms with van der Waals surface area (Å²) in [5.41, 5.74) is 6.49. The van der Waals surface area contributed by atoms with Gasteiger partial charge >= 0.3 is 37.7 Å². The van der Waals surface area contributed by atoms with Crippen LogP contribution in [0.2, 0.25) is 0 Å². The molecule has 12 nitrogen and oxygen atoms in total. The molecular weight excluding hydrogens is 925 g/mol. The Bertz CT molecular complexity index is 2650. The van der Waals surface area contributed by atoms with Crippen molar-refractivity contribution in [3.63, 3.8) is 0 Å². The maximum atomic E-state index is 14.0. The summed E-state index contributed by atoms with van der Waals surface area (Å²) in [6, 6.07) is 21.5. The van der Waals surface area contributed by atoms with Gasteiger partial charge in [-0.25, -0.2) is 17.6 Å². The van der Waals surface area contributed by atoms with Crippen molar-refractivity contribution in [2.24, 2.45) is 0 Å². The molecule has 8 rings (SSSR count). The van der Waals surface area contributed by atoms with Gasteiger partial charge in [-0.2, -0.15) is 0 Å². The van der Waals surface area contributed by atoms with Crippen molar-refractivity contribution in [2.75, 3.05) is 23.9 Å². The Kier molecular flexibility index (Phi) is 18.0. The molecule has 69 heavy (non-hydrogen) atoms. The summed E-state index contributed by atoms with van der Waals surface area (Å²) in [7, 11) is 3.42. The summed E-state index contributed by atoms with van der Waals surface area (Å²) in [6.07, 6.45) is 3.91. The second kappa shape index (κ2) is 23.4. The number of anilines is 4. The van der Waals surface area contributed by atoms with Crippen molar-refractivity contribution in [1.82, 2.24) is 9.97 Å². The predicted octanol–water partition coefficient (Wildman–Crippen LogP) is 6.47. The molecule has 2 saturated carbocycles. The second-order valence-electron chi connectivity index (χ2n) is 17.3. The van der Waals surface area contributed by atoms with E-state index in [2.05, 4.69) is 0 Å². The summed E-state index contributed by atoms with van der Waals surface area (Å²) in [5, 5.41) is 63.3. The standard InChI is InChI=1S/2C26H26F2N2O4.Ca/c2*1-30(18-11-16(27)10-17(28)12-18)26-21-4-2-3-5-23(21)29-25(15-6-7-15)22(26)9-8-19(31)13-20(32)14-24(33)34;/h2*2-5,8-12,15,19-20,31-32H,6-7,13-14H2,1H3,(H,33,34);/q;;+2/p-2/b2*9-8+;/t2*19-,20-;/m11./s1. The zero-order valence-electron chi connectivity index (χ0n) is 37.9. The molecule has 0 spiro atoms. The van der Waals surface area contributed by atoms with Gasteiger partial charge in [0.1, 0.15) is 23.3 Å². The summed E-state index contributed by atoms with van der Waals surface area (Å²) in [6.45, 7) is 0. The van der Waals surface area contributed by atoms with Gasteiger partial charge in [0, 0.05) is 109 Å². The molecule has 356 valence electrons. The van der Waals surface area contributed by atoms with E-state index >= 15 is 0 Å². The SMILES string of the molecule is CN(c1cc(F)cc(F)c1)c1c(/C=C/[C@@H](O)C[C@@H](O)CC(=O)[O-])c(C2CC2)nc2ccccc12.CN(c1cc(F)cc(F)c1)c1c(/C=C/[C@@H](O)C[C@@H](O)CC(=O)[O-])c(C2CC2)nc2ccccc12.[Ca+2]. The normalized spacial score (nSPS) is 15.3. The van der Waals surface area contributed by atoms with Crippen LogP contribution < -0.4 is 20.0 Å². The predicted molar refractivity (Wildman–Crippen MR) is 253 cm³/mol. The van der Waals surface area contributed by atoms with Gasteiger partial charge in [0.05, 0.1) is 58.2 Å². The minimum atomic E-state index is -1.40. The second-order valence-corrected chi connectivity index (χ2v) is 17.3. The van der Waals surface area contributed by atoms with E-state index < -0.39 is 72.5 Å². The van der Waals surface area contributed by atoms with Gasteiger partial charge in [-0.1, -0.05) is 60.7 Å². The topological polar surface area (TPSA) is 193 Å². The number of rotatable bonds is 18. The number of nitrogens with zero attached hydrogens (tertiary/aromatic N) is 4. The van der Waals surface area contributed by atoms with Crippen molar-refractivity contribution in [3.05, 3.63) is 143 Å². The number of benzene rings is 4. The summed E-state index contributed by atoms with van der Waals surface area (Å²) < 4.78 is 56.0. The van der Waals surface area contributed by atoms with Crippen LogP contribution in [-0.2, 0) is 9.59 Å². The number of aromatic nitrogens is 2. The van der Waals surface area contributed by atoms with Crippen molar-refractivity contribution < 1.29 is 57.8 Å². The maximum absolute atomic E-state index is 14.0. The molecule has 4 N–H and O–H groups in total. The molecule has 0 aliphatic heterocycles. The zero-order chi connectivity index (χ0) is 48.8. The maximum Gasteiger partial charge on any atom is 2.00 e. The van der Waals surface area contributed by atoms with Crippen molar-refractivity contribution in [2.45, 2.75) is 87.6 Å². The van der Waals surface area contributed by atoms with Crippen LogP contribution in [0.3, 0.4) is 0 Å². The zero-order valence-corrected chi connectivity index (χ0v) is 40.2. The Morgan fingerprint density at radius 2 is 0.942 bits per heavy atom. The number of hydrogen-bond acceptors (Lipinski definition) is 12. The Hall–Kier alpha value is -5.46. The van der Waals surface area contributed by atoms with E-state index in [1.54, 1.807) is 36.0 Å². The smallest absolute Gasteiger partial charge is 0.550 e. The number of aliphatic carboxylic acids is 2. The molecule has 17 heteroatoms. The minimum absolute atomic E-state index is 0. The Labute approximate surface area is 425 Å². The first-order valence-corrected chi connectivity index (χ1v) is 22.2. The van der Waals surface area contributed by atoms with E-state index in [0.717, 1.165) is 71.0 Å². The van der Waals surface area contributed by atoms with Gasteiger partial charge < -0.3 is 50.0 Å². The number of carboxylic acids is 2. The van der Waals surface area contributed by atoms with E-state index in [9.17, 15) is 57.8 Å². The number of aliphatic hydroxyl groups excluding tert-OH is 4. The molecule has 4 atom stereocenters. The number of halogens is 4. The summed E-state index contributed by atoms with van der Waals surface area (Å²) in [5.74, 6) is -5.14. The van der Waals surface area contributed by atoms with E-state index in [-0.39, 0.29) is 62.4 Å². The molecule has 2 aromatic heterocycles. The molecule has 2 aliphatic carbocycles. The van der Waals surface area contributed by atoms with Crippen LogP contribution in [-0.4, -0.2) is 119 Å². The van der Waals surface area contributed by atoms with Crippen LogP contribution in [0.5, 0.6) is 0 Å². The quantitative estimate of drug-likeness (QED) is 0.0543. The molecule has 0 saturated heterocycles. The van der Waals surface area contributed by atoms with E-state index in [0.29, 0.717) is 33.9 Å². The van der Waals surface area contributed by atoms with Gasteiger partial charge in [0.2, 0.25) is 0 Å². The number of aliphatic hydroxyl groups is 4.